The van der Waals surface area contributed by atoms with Gasteiger partial charge in [0.1, 0.15) is 22.2 Å². The molecule has 0 radical (unpaired) electrons. The number of likely N-dealkylation sites (tertiary alicyclic amines) is 1. The van der Waals surface area contributed by atoms with E-state index in [0.29, 0.717) is 51.3 Å². The Kier molecular flexibility index (Phi) is 9.95. The predicted molar refractivity (Wildman–Crippen MR) is 151 cm³/mol. The zero-order valence-corrected chi connectivity index (χ0v) is 23.9. The van der Waals surface area contributed by atoms with Crippen LogP contribution in [-0.2, 0) is 22.6 Å². The van der Waals surface area contributed by atoms with Crippen molar-refractivity contribution in [2.45, 2.75) is 45.8 Å². The van der Waals surface area contributed by atoms with Crippen molar-refractivity contribution >= 4 is 23.2 Å². The second-order valence-corrected chi connectivity index (χ2v) is 10.6. The number of carbonyl (C=O) groups is 2. The highest BCUT2D eigenvalue weighted by molar-refractivity contribution is 7.09. The van der Waals surface area contributed by atoms with E-state index in [2.05, 4.69) is 24.0 Å². The second kappa shape index (κ2) is 13.6. The molecule has 3 aromatic rings. The molecular weight excluding hydrogens is 514 g/mol. The summed E-state index contributed by atoms with van der Waals surface area (Å²) in [7, 11) is 3.31. The monoisotopic (exact) mass is 551 g/mol. The van der Waals surface area contributed by atoms with Gasteiger partial charge >= 0.3 is 5.97 Å². The lowest BCUT2D eigenvalue weighted by Gasteiger charge is -2.30. The van der Waals surface area contributed by atoms with Crippen LogP contribution in [0, 0.1) is 5.92 Å². The van der Waals surface area contributed by atoms with Gasteiger partial charge in [0, 0.05) is 42.7 Å². The highest BCUT2D eigenvalue weighted by atomic mass is 32.1. The minimum atomic E-state index is -0.165. The van der Waals surface area contributed by atoms with Gasteiger partial charge in [-0.15, -0.1) is 11.3 Å². The smallest absolute Gasteiger partial charge is 0.309 e. The molecule has 0 N–H and O–H groups in total. The van der Waals surface area contributed by atoms with E-state index in [1.807, 2.05) is 48.7 Å². The Bertz CT molecular complexity index is 1240. The van der Waals surface area contributed by atoms with Crippen molar-refractivity contribution in [3.63, 3.8) is 0 Å². The molecule has 2 heterocycles. The number of ether oxygens (including phenoxy) is 3. The third-order valence-electron chi connectivity index (χ3n) is 7.21. The van der Waals surface area contributed by atoms with Crippen molar-refractivity contribution in [2.24, 2.45) is 5.92 Å². The Morgan fingerprint density at radius 3 is 2.49 bits per heavy atom. The van der Waals surface area contributed by atoms with Crippen LogP contribution in [0.15, 0.2) is 53.9 Å². The first-order valence-electron chi connectivity index (χ1n) is 13.3. The average Bonchev–Trinajstić information content (AvgIpc) is 3.45. The molecule has 0 bridgehead atoms. The number of esters is 1. The summed E-state index contributed by atoms with van der Waals surface area (Å²) in [5.74, 6) is 1.12. The molecule has 1 fully saturated rings. The summed E-state index contributed by atoms with van der Waals surface area (Å²) in [4.78, 5) is 34.1. The van der Waals surface area contributed by atoms with Crippen molar-refractivity contribution in [1.29, 1.82) is 0 Å². The van der Waals surface area contributed by atoms with E-state index in [4.69, 9.17) is 19.2 Å². The van der Waals surface area contributed by atoms with E-state index in [-0.39, 0.29) is 23.8 Å². The van der Waals surface area contributed by atoms with Gasteiger partial charge in [0.15, 0.2) is 0 Å². The third kappa shape index (κ3) is 7.16. The molecule has 0 spiro atoms. The molecule has 4 rings (SSSR count). The highest BCUT2D eigenvalue weighted by Crippen LogP contribution is 2.31. The molecule has 39 heavy (non-hydrogen) atoms. The summed E-state index contributed by atoms with van der Waals surface area (Å²) in [6.45, 7) is 6.64. The van der Waals surface area contributed by atoms with Crippen LogP contribution in [0.4, 0.5) is 0 Å². The zero-order chi connectivity index (χ0) is 27.8. The summed E-state index contributed by atoms with van der Waals surface area (Å²) >= 11 is 1.50. The maximum atomic E-state index is 13.2. The fraction of sp³-hybridized carbons (Fsp3) is 0.433. The molecule has 0 aliphatic carbocycles. The van der Waals surface area contributed by atoms with Crippen LogP contribution in [0.2, 0.25) is 0 Å². The number of hydrogen-bond acceptors (Lipinski definition) is 8. The molecule has 0 saturated carbocycles. The van der Waals surface area contributed by atoms with Crippen molar-refractivity contribution in [2.75, 3.05) is 33.9 Å². The Balaban J connectivity index is 1.48. The molecule has 9 heteroatoms. The number of hydrogen-bond donors (Lipinski definition) is 0. The van der Waals surface area contributed by atoms with Crippen molar-refractivity contribution < 1.29 is 23.8 Å². The van der Waals surface area contributed by atoms with Gasteiger partial charge in [-0.05, 0) is 38.3 Å². The van der Waals surface area contributed by atoms with E-state index in [1.54, 1.807) is 19.1 Å². The van der Waals surface area contributed by atoms with Crippen LogP contribution in [0.5, 0.6) is 11.5 Å². The number of carbonyl (C=O) groups excluding carboxylic acids is 2. The van der Waals surface area contributed by atoms with E-state index < -0.39 is 0 Å². The Labute approximate surface area is 234 Å². The van der Waals surface area contributed by atoms with E-state index in [1.165, 1.54) is 16.9 Å². The first-order chi connectivity index (χ1) is 18.9. The number of thiazole rings is 1. The van der Waals surface area contributed by atoms with Crippen molar-refractivity contribution in [3.05, 3.63) is 75.7 Å². The lowest BCUT2D eigenvalue weighted by molar-refractivity contribution is -0.149. The molecule has 1 aliphatic heterocycles. The molecule has 1 amide bonds. The second-order valence-electron chi connectivity index (χ2n) is 9.61. The quantitative estimate of drug-likeness (QED) is 0.298. The molecule has 1 aromatic heterocycles. The Morgan fingerprint density at radius 2 is 1.82 bits per heavy atom. The van der Waals surface area contributed by atoms with E-state index in [0.717, 1.165) is 22.1 Å². The number of amides is 1. The van der Waals surface area contributed by atoms with Crippen LogP contribution in [0.1, 0.15) is 59.4 Å². The van der Waals surface area contributed by atoms with E-state index >= 15 is 0 Å². The Hall–Kier alpha value is -3.43. The molecule has 1 atom stereocenters. The summed E-state index contributed by atoms with van der Waals surface area (Å²) in [5, 5.41) is 2.71. The lowest BCUT2D eigenvalue weighted by atomic mass is 9.97. The summed E-state index contributed by atoms with van der Waals surface area (Å²) in [5.41, 5.74) is 2.69. The highest BCUT2D eigenvalue weighted by Gasteiger charge is 2.30. The fourth-order valence-electron chi connectivity index (χ4n) is 4.87. The summed E-state index contributed by atoms with van der Waals surface area (Å²) in [6.07, 6.45) is 1.24. The van der Waals surface area contributed by atoms with Gasteiger partial charge < -0.3 is 19.1 Å². The van der Waals surface area contributed by atoms with Crippen LogP contribution in [0.25, 0.3) is 0 Å². The molecule has 2 aromatic carbocycles. The third-order valence-corrected chi connectivity index (χ3v) is 8.04. The predicted octanol–water partition coefficient (Wildman–Crippen LogP) is 5.34. The minimum absolute atomic E-state index is 0.0840. The molecule has 1 aliphatic rings. The number of aromatic nitrogens is 1. The first kappa shape index (κ1) is 28.6. The van der Waals surface area contributed by atoms with Crippen LogP contribution in [0.3, 0.4) is 0 Å². The first-order valence-corrected chi connectivity index (χ1v) is 14.2. The molecule has 1 unspecified atom stereocenters. The largest absolute Gasteiger partial charge is 0.497 e. The van der Waals surface area contributed by atoms with Gasteiger partial charge in [-0.2, -0.15) is 0 Å². The average molecular weight is 552 g/mol. The Morgan fingerprint density at radius 1 is 1.08 bits per heavy atom. The number of rotatable bonds is 11. The number of benzene rings is 2. The standard InChI is InChI=1S/C30H37N3O5S/c1-5-38-30(35)23-13-15-32(16-14-23)29(34)26-20-39-28(31-26)19-33(21(2)22-9-7-6-8-10-22)18-24-11-12-25(36-3)17-27(24)37-4/h6-12,17,20-21,23H,5,13-16,18-19H2,1-4H3. The maximum absolute atomic E-state index is 13.2. The normalized spacial score (nSPS) is 14.7. The number of piperidine rings is 1. The number of nitrogens with zero attached hydrogens (tertiary/aromatic N) is 3. The van der Waals surface area contributed by atoms with Gasteiger partial charge in [-0.3, -0.25) is 14.5 Å². The minimum Gasteiger partial charge on any atom is -0.497 e. The van der Waals surface area contributed by atoms with Gasteiger partial charge in [-0.1, -0.05) is 36.4 Å². The molecule has 8 nitrogen and oxygen atoms in total. The molecule has 208 valence electrons. The lowest BCUT2D eigenvalue weighted by Crippen LogP contribution is -2.40. The van der Waals surface area contributed by atoms with Gasteiger partial charge in [-0.25, -0.2) is 4.98 Å². The molecule has 1 saturated heterocycles. The number of methoxy groups -OCH3 is 2. The van der Waals surface area contributed by atoms with Crippen LogP contribution in [-0.4, -0.2) is 60.6 Å². The SMILES string of the molecule is CCOC(=O)C1CCN(C(=O)c2csc(CN(Cc3ccc(OC)cc3OC)C(C)c3ccccc3)n2)CC1. The molecular formula is C30H37N3O5S. The van der Waals surface area contributed by atoms with Crippen LogP contribution >= 0.6 is 11.3 Å². The maximum Gasteiger partial charge on any atom is 0.309 e. The zero-order valence-electron chi connectivity index (χ0n) is 23.1. The topological polar surface area (TPSA) is 81.2 Å². The summed E-state index contributed by atoms with van der Waals surface area (Å²) in [6, 6.07) is 16.3. The van der Waals surface area contributed by atoms with Gasteiger partial charge in [0.05, 0.1) is 33.3 Å². The van der Waals surface area contributed by atoms with Gasteiger partial charge in [0.25, 0.3) is 5.91 Å². The van der Waals surface area contributed by atoms with Crippen LogP contribution < -0.4 is 9.47 Å². The van der Waals surface area contributed by atoms with Crippen molar-refractivity contribution in [3.8, 4) is 11.5 Å². The van der Waals surface area contributed by atoms with Gasteiger partial charge in [0.2, 0.25) is 0 Å². The summed E-state index contributed by atoms with van der Waals surface area (Å²) < 4.78 is 16.2. The van der Waals surface area contributed by atoms with Crippen molar-refractivity contribution in [1.82, 2.24) is 14.8 Å². The fourth-order valence-corrected chi connectivity index (χ4v) is 5.66. The van der Waals surface area contributed by atoms with E-state index in [9.17, 15) is 9.59 Å².